The molecule has 3 rings (SSSR count). The lowest BCUT2D eigenvalue weighted by Crippen LogP contribution is -2.41. The first kappa shape index (κ1) is 16.0. The third kappa shape index (κ3) is 3.41. The number of benzene rings is 1. The van der Waals surface area contributed by atoms with Crippen LogP contribution >= 0.6 is 22.9 Å². The SMILES string of the molecule is Cc1cc(C)cc(N2CCC(NC(=O)c3ccc(Cl)s3)C2=O)c1. The molecule has 1 saturated heterocycles. The van der Waals surface area contributed by atoms with Gasteiger partial charge in [0.05, 0.1) is 9.21 Å². The van der Waals surface area contributed by atoms with Crippen molar-refractivity contribution in [3.63, 3.8) is 0 Å². The van der Waals surface area contributed by atoms with Crippen molar-refractivity contribution in [1.29, 1.82) is 0 Å². The number of nitrogens with zero attached hydrogens (tertiary/aromatic N) is 1. The van der Waals surface area contributed by atoms with Gasteiger partial charge in [0.25, 0.3) is 5.91 Å². The number of thiophene rings is 1. The molecule has 2 amide bonds. The minimum Gasteiger partial charge on any atom is -0.339 e. The molecule has 1 aromatic carbocycles. The summed E-state index contributed by atoms with van der Waals surface area (Å²) >= 11 is 7.06. The number of aryl methyl sites for hydroxylation is 2. The Hall–Kier alpha value is -1.85. The van der Waals surface area contributed by atoms with Gasteiger partial charge in [-0.25, -0.2) is 0 Å². The largest absolute Gasteiger partial charge is 0.339 e. The molecule has 0 radical (unpaired) electrons. The maximum atomic E-state index is 12.6. The predicted octanol–water partition coefficient (Wildman–Crippen LogP) is 3.55. The summed E-state index contributed by atoms with van der Waals surface area (Å²) in [5.74, 6) is -0.312. The van der Waals surface area contributed by atoms with Crippen LogP contribution in [0.5, 0.6) is 0 Å². The molecule has 4 nitrogen and oxygen atoms in total. The Bertz CT molecular complexity index is 751. The molecule has 6 heteroatoms. The summed E-state index contributed by atoms with van der Waals surface area (Å²) in [4.78, 5) is 27.0. The second-order valence-corrected chi connectivity index (χ2v) is 7.47. The van der Waals surface area contributed by atoms with Crippen molar-refractivity contribution in [2.45, 2.75) is 26.3 Å². The van der Waals surface area contributed by atoms with E-state index in [1.807, 2.05) is 26.0 Å². The van der Waals surface area contributed by atoms with Crippen LogP contribution in [0.2, 0.25) is 4.34 Å². The summed E-state index contributed by atoms with van der Waals surface area (Å²) in [6.45, 7) is 4.63. The topological polar surface area (TPSA) is 49.4 Å². The Labute approximate surface area is 144 Å². The van der Waals surface area contributed by atoms with Crippen LogP contribution < -0.4 is 10.2 Å². The minimum atomic E-state index is -0.482. The van der Waals surface area contributed by atoms with Gasteiger partial charge in [0, 0.05) is 12.2 Å². The molecule has 2 heterocycles. The van der Waals surface area contributed by atoms with Crippen molar-refractivity contribution in [1.82, 2.24) is 5.32 Å². The summed E-state index contributed by atoms with van der Waals surface area (Å²) in [5.41, 5.74) is 3.13. The molecule has 1 unspecified atom stereocenters. The monoisotopic (exact) mass is 348 g/mol. The van der Waals surface area contributed by atoms with Crippen LogP contribution in [0.15, 0.2) is 30.3 Å². The third-order valence-electron chi connectivity index (χ3n) is 3.83. The van der Waals surface area contributed by atoms with E-state index in [1.165, 1.54) is 11.3 Å². The van der Waals surface area contributed by atoms with Crippen molar-refractivity contribution < 1.29 is 9.59 Å². The highest BCUT2D eigenvalue weighted by Gasteiger charge is 2.34. The number of hydrogen-bond donors (Lipinski definition) is 1. The molecule has 1 atom stereocenters. The standard InChI is InChI=1S/C17H17ClN2O2S/c1-10-7-11(2)9-12(8-10)20-6-5-13(17(20)22)19-16(21)14-3-4-15(18)23-14/h3-4,7-9,13H,5-6H2,1-2H3,(H,19,21). The highest BCUT2D eigenvalue weighted by atomic mass is 35.5. The van der Waals surface area contributed by atoms with Gasteiger partial charge in [-0.1, -0.05) is 17.7 Å². The van der Waals surface area contributed by atoms with Crippen LogP contribution in [0.4, 0.5) is 5.69 Å². The van der Waals surface area contributed by atoms with E-state index in [0.29, 0.717) is 22.2 Å². The quantitative estimate of drug-likeness (QED) is 0.922. The van der Waals surface area contributed by atoms with E-state index in [4.69, 9.17) is 11.6 Å². The van der Waals surface area contributed by atoms with Gasteiger partial charge in [0.1, 0.15) is 6.04 Å². The molecule has 0 bridgehead atoms. The van der Waals surface area contributed by atoms with Gasteiger partial charge in [-0.15, -0.1) is 11.3 Å². The van der Waals surface area contributed by atoms with Crippen molar-refractivity contribution in [2.24, 2.45) is 0 Å². The summed E-state index contributed by atoms with van der Waals surface area (Å²) in [5, 5.41) is 2.81. The average molecular weight is 349 g/mol. The Kier molecular flexibility index (Phi) is 4.41. The molecule has 0 aliphatic carbocycles. The fourth-order valence-corrected chi connectivity index (χ4v) is 3.79. The first-order chi connectivity index (χ1) is 10.9. The smallest absolute Gasteiger partial charge is 0.262 e. The summed E-state index contributed by atoms with van der Waals surface area (Å²) in [7, 11) is 0. The molecule has 0 spiro atoms. The van der Waals surface area contributed by atoms with Gasteiger partial charge >= 0.3 is 0 Å². The Morgan fingerprint density at radius 2 is 1.96 bits per heavy atom. The zero-order valence-electron chi connectivity index (χ0n) is 12.9. The summed E-state index contributed by atoms with van der Waals surface area (Å²) in [6.07, 6.45) is 0.608. The van der Waals surface area contributed by atoms with Gasteiger partial charge in [-0.2, -0.15) is 0 Å². The maximum absolute atomic E-state index is 12.6. The summed E-state index contributed by atoms with van der Waals surface area (Å²) in [6, 6.07) is 8.93. The van der Waals surface area contributed by atoms with Gasteiger partial charge < -0.3 is 10.2 Å². The number of carbonyl (C=O) groups is 2. The number of nitrogens with one attached hydrogen (secondary N) is 1. The van der Waals surface area contributed by atoms with Gasteiger partial charge in [-0.05, 0) is 55.7 Å². The zero-order chi connectivity index (χ0) is 16.6. The highest BCUT2D eigenvalue weighted by Crippen LogP contribution is 2.25. The van der Waals surface area contributed by atoms with Crippen LogP contribution in [0.3, 0.4) is 0 Å². The van der Waals surface area contributed by atoms with Crippen LogP contribution in [0.1, 0.15) is 27.2 Å². The van der Waals surface area contributed by atoms with E-state index in [2.05, 4.69) is 11.4 Å². The van der Waals surface area contributed by atoms with Crippen molar-refractivity contribution >= 4 is 40.4 Å². The number of carbonyl (C=O) groups excluding carboxylic acids is 2. The average Bonchev–Trinajstić information content (AvgIpc) is 3.05. The molecule has 2 aromatic rings. The number of hydrogen-bond acceptors (Lipinski definition) is 3. The zero-order valence-corrected chi connectivity index (χ0v) is 14.5. The van der Waals surface area contributed by atoms with E-state index in [-0.39, 0.29) is 11.8 Å². The Morgan fingerprint density at radius 3 is 2.57 bits per heavy atom. The van der Waals surface area contributed by atoms with Crippen molar-refractivity contribution in [2.75, 3.05) is 11.4 Å². The van der Waals surface area contributed by atoms with E-state index in [9.17, 15) is 9.59 Å². The molecule has 1 N–H and O–H groups in total. The molecule has 0 saturated carbocycles. The minimum absolute atomic E-state index is 0.0639. The van der Waals surface area contributed by atoms with E-state index < -0.39 is 6.04 Å². The molecule has 23 heavy (non-hydrogen) atoms. The normalized spacial score (nSPS) is 17.6. The fraction of sp³-hybridized carbons (Fsp3) is 0.294. The Morgan fingerprint density at radius 1 is 1.26 bits per heavy atom. The Balaban J connectivity index is 1.72. The second-order valence-electron chi connectivity index (χ2n) is 5.75. The van der Waals surface area contributed by atoms with E-state index in [1.54, 1.807) is 17.0 Å². The molecule has 1 aliphatic rings. The number of rotatable bonds is 3. The lowest BCUT2D eigenvalue weighted by molar-refractivity contribution is -0.118. The van der Waals surface area contributed by atoms with Crippen LogP contribution in [-0.2, 0) is 4.79 Å². The maximum Gasteiger partial charge on any atom is 0.262 e. The van der Waals surface area contributed by atoms with Crippen molar-refractivity contribution in [3.05, 3.63) is 50.7 Å². The van der Waals surface area contributed by atoms with Gasteiger partial charge in [0.2, 0.25) is 5.91 Å². The van der Waals surface area contributed by atoms with Crippen LogP contribution in [0.25, 0.3) is 0 Å². The molecule has 120 valence electrons. The van der Waals surface area contributed by atoms with Crippen molar-refractivity contribution in [3.8, 4) is 0 Å². The highest BCUT2D eigenvalue weighted by molar-refractivity contribution is 7.18. The molecular weight excluding hydrogens is 332 g/mol. The van der Waals surface area contributed by atoms with Crippen LogP contribution in [0, 0.1) is 13.8 Å². The molecule has 1 aliphatic heterocycles. The third-order valence-corrected chi connectivity index (χ3v) is 5.06. The summed E-state index contributed by atoms with van der Waals surface area (Å²) < 4.78 is 0.560. The lowest BCUT2D eigenvalue weighted by atomic mass is 10.1. The lowest BCUT2D eigenvalue weighted by Gasteiger charge is -2.18. The number of amides is 2. The first-order valence-corrected chi connectivity index (χ1v) is 8.59. The fourth-order valence-electron chi connectivity index (χ4n) is 2.84. The molecular formula is C17H17ClN2O2S. The number of anilines is 1. The van der Waals surface area contributed by atoms with E-state index in [0.717, 1.165) is 16.8 Å². The molecule has 1 fully saturated rings. The van der Waals surface area contributed by atoms with Gasteiger partial charge in [-0.3, -0.25) is 9.59 Å². The second kappa shape index (κ2) is 6.34. The van der Waals surface area contributed by atoms with E-state index >= 15 is 0 Å². The van der Waals surface area contributed by atoms with Gasteiger partial charge in [0.15, 0.2) is 0 Å². The molecule has 1 aromatic heterocycles. The first-order valence-electron chi connectivity index (χ1n) is 7.40. The predicted molar refractivity (Wildman–Crippen MR) is 93.5 cm³/mol. The number of halogens is 1. The van der Waals surface area contributed by atoms with Crippen LogP contribution in [-0.4, -0.2) is 24.4 Å².